The van der Waals surface area contributed by atoms with Gasteiger partial charge in [-0.15, -0.1) is 0 Å². The van der Waals surface area contributed by atoms with Crippen LogP contribution < -0.4 is 21.9 Å². The predicted molar refractivity (Wildman–Crippen MR) is 116 cm³/mol. The zero-order chi connectivity index (χ0) is 20.6. The number of hydrogen-bond donors (Lipinski definition) is 2. The molecule has 0 bridgehead atoms. The summed E-state index contributed by atoms with van der Waals surface area (Å²) in [6.07, 6.45) is 3.46. The van der Waals surface area contributed by atoms with E-state index in [4.69, 9.17) is 16.5 Å². The van der Waals surface area contributed by atoms with Gasteiger partial charge in [-0.3, -0.25) is 4.99 Å². The Kier molecular flexibility index (Phi) is 4.79. The van der Waals surface area contributed by atoms with Gasteiger partial charge in [-0.1, -0.05) is 0 Å². The second-order valence-electron chi connectivity index (χ2n) is 7.85. The molecular formula is C19H27N10+. The normalized spacial score (nSPS) is 19.8. The Morgan fingerprint density at radius 3 is 2.62 bits per heavy atom. The van der Waals surface area contributed by atoms with E-state index in [1.54, 1.807) is 17.0 Å². The molecule has 4 heterocycles. The Morgan fingerprint density at radius 1 is 1.14 bits per heavy atom. The monoisotopic (exact) mass is 395 g/mol. The summed E-state index contributed by atoms with van der Waals surface area (Å²) in [5, 5.41) is 4.30. The van der Waals surface area contributed by atoms with E-state index in [1.165, 1.54) is 0 Å². The molecule has 0 unspecified atom stereocenters. The number of aliphatic imine (C=N–C) groups is 1. The molecule has 4 rings (SSSR count). The van der Waals surface area contributed by atoms with Crippen molar-refractivity contribution < 1.29 is 4.48 Å². The molecule has 10 nitrogen and oxygen atoms in total. The average molecular weight is 395 g/mol. The first-order valence-corrected chi connectivity index (χ1v) is 9.73. The lowest BCUT2D eigenvalue weighted by molar-refractivity contribution is -0.890. The van der Waals surface area contributed by atoms with Crippen LogP contribution in [0.1, 0.15) is 12.7 Å². The topological polar surface area (TPSA) is 123 Å². The van der Waals surface area contributed by atoms with Gasteiger partial charge in [0.05, 0.1) is 57.9 Å². The highest BCUT2D eigenvalue weighted by Gasteiger charge is 2.27. The molecule has 0 amide bonds. The fraction of sp³-hybridized carbons (Fsp3) is 0.421. The number of rotatable bonds is 3. The first kappa shape index (κ1) is 19.1. The van der Waals surface area contributed by atoms with Crippen LogP contribution in [0.2, 0.25) is 0 Å². The SMILES string of the molecule is CCN=c1ccn2c(n1)C(=Nc1nc(N3CC[N+](C)(C)CC3)c(N)cc1N)C=N2. The lowest BCUT2D eigenvalue weighted by Crippen LogP contribution is -2.55. The minimum Gasteiger partial charge on any atom is -0.396 e. The summed E-state index contributed by atoms with van der Waals surface area (Å²) < 4.78 is 2.65. The number of nitrogens with two attached hydrogens (primary N) is 2. The summed E-state index contributed by atoms with van der Waals surface area (Å²) in [6, 6.07) is 3.55. The van der Waals surface area contributed by atoms with Crippen LogP contribution in [0.3, 0.4) is 0 Å². The van der Waals surface area contributed by atoms with Crippen molar-refractivity contribution in [1.29, 1.82) is 0 Å². The highest BCUT2D eigenvalue weighted by molar-refractivity contribution is 6.39. The van der Waals surface area contributed by atoms with Gasteiger partial charge in [-0.25, -0.2) is 19.6 Å². The van der Waals surface area contributed by atoms with Crippen molar-refractivity contribution in [1.82, 2.24) is 14.6 Å². The van der Waals surface area contributed by atoms with Crippen LogP contribution in [0.5, 0.6) is 0 Å². The first-order chi connectivity index (χ1) is 13.9. The second kappa shape index (κ2) is 7.28. The van der Waals surface area contributed by atoms with E-state index in [2.05, 4.69) is 39.1 Å². The van der Waals surface area contributed by atoms with E-state index in [-0.39, 0.29) is 0 Å². The molecular weight excluding hydrogens is 368 g/mol. The standard InChI is InChI=1S/C19H27N10/c1-4-22-16-5-6-28-19(25-16)15(12-23-28)24-17-13(20)11-14(21)18(26-17)27-7-9-29(2,3)10-8-27/h5-6,11-12H,4,7-10,20-21H2,1-3H3/q+1. The van der Waals surface area contributed by atoms with E-state index in [0.717, 1.165) is 36.5 Å². The number of likely N-dealkylation sites (N-methyl/N-ethyl adjacent to an activating group) is 1. The van der Waals surface area contributed by atoms with Gasteiger partial charge < -0.3 is 20.9 Å². The quantitative estimate of drug-likeness (QED) is 0.720. The molecule has 2 aliphatic heterocycles. The number of hydrogen-bond acceptors (Lipinski definition) is 8. The third-order valence-electron chi connectivity index (χ3n) is 5.17. The van der Waals surface area contributed by atoms with E-state index < -0.39 is 0 Å². The summed E-state index contributed by atoms with van der Waals surface area (Å²) >= 11 is 0. The number of fused-ring (bicyclic) bond motifs is 1. The number of quaternary nitrogens is 1. The van der Waals surface area contributed by atoms with Crippen LogP contribution in [0.4, 0.5) is 23.0 Å². The Morgan fingerprint density at radius 2 is 1.90 bits per heavy atom. The maximum Gasteiger partial charge on any atom is 0.183 e. The molecule has 1 saturated heterocycles. The highest BCUT2D eigenvalue weighted by Crippen LogP contribution is 2.31. The lowest BCUT2D eigenvalue weighted by atomic mass is 10.2. The maximum atomic E-state index is 6.23. The van der Waals surface area contributed by atoms with Crippen molar-refractivity contribution in [3.63, 3.8) is 0 Å². The van der Waals surface area contributed by atoms with E-state index in [9.17, 15) is 0 Å². The van der Waals surface area contributed by atoms with Crippen molar-refractivity contribution in [2.45, 2.75) is 6.92 Å². The smallest absolute Gasteiger partial charge is 0.183 e. The summed E-state index contributed by atoms with van der Waals surface area (Å²) in [7, 11) is 4.46. The molecule has 0 saturated carbocycles. The molecule has 10 heteroatoms. The minimum atomic E-state index is 0.419. The Balaban J connectivity index is 1.70. The zero-order valence-corrected chi connectivity index (χ0v) is 17.1. The van der Waals surface area contributed by atoms with Gasteiger partial charge in [-0.2, -0.15) is 5.10 Å². The van der Waals surface area contributed by atoms with Crippen molar-refractivity contribution in [2.24, 2.45) is 15.1 Å². The van der Waals surface area contributed by atoms with Gasteiger partial charge in [0, 0.05) is 18.8 Å². The maximum absolute atomic E-state index is 6.23. The number of nitrogen functional groups attached to an aromatic ring is 2. The highest BCUT2D eigenvalue weighted by atomic mass is 15.4. The van der Waals surface area contributed by atoms with Crippen molar-refractivity contribution in [3.8, 4) is 0 Å². The minimum absolute atomic E-state index is 0.419. The van der Waals surface area contributed by atoms with Crippen LogP contribution in [-0.4, -0.2) is 77.9 Å². The summed E-state index contributed by atoms with van der Waals surface area (Å²) in [5.41, 5.74) is 14.6. The van der Waals surface area contributed by atoms with Crippen LogP contribution >= 0.6 is 0 Å². The van der Waals surface area contributed by atoms with Gasteiger partial charge in [-0.05, 0) is 13.0 Å². The molecule has 4 N–H and O–H groups in total. The van der Waals surface area contributed by atoms with Gasteiger partial charge in [0.1, 0.15) is 5.71 Å². The fourth-order valence-corrected chi connectivity index (χ4v) is 3.38. The number of aromatic nitrogens is 3. The van der Waals surface area contributed by atoms with Crippen molar-refractivity contribution in [2.75, 3.05) is 63.2 Å². The molecule has 0 radical (unpaired) electrons. The van der Waals surface area contributed by atoms with Crippen LogP contribution in [0.15, 0.2) is 33.4 Å². The molecule has 1 fully saturated rings. The van der Waals surface area contributed by atoms with E-state index in [0.29, 0.717) is 40.8 Å². The third kappa shape index (κ3) is 3.83. The van der Waals surface area contributed by atoms with Crippen molar-refractivity contribution >= 4 is 34.9 Å². The van der Waals surface area contributed by atoms with E-state index >= 15 is 0 Å². The van der Waals surface area contributed by atoms with Gasteiger partial charge in [0.2, 0.25) is 0 Å². The number of piperazine rings is 1. The molecule has 0 spiro atoms. The summed E-state index contributed by atoms with van der Waals surface area (Å²) in [4.78, 5) is 20.4. The molecule has 2 aromatic heterocycles. The molecule has 2 aromatic rings. The largest absolute Gasteiger partial charge is 0.396 e. The first-order valence-electron chi connectivity index (χ1n) is 9.73. The molecule has 0 atom stereocenters. The van der Waals surface area contributed by atoms with Crippen molar-refractivity contribution in [3.05, 3.63) is 29.6 Å². The van der Waals surface area contributed by atoms with Crippen LogP contribution in [-0.2, 0) is 0 Å². The van der Waals surface area contributed by atoms with Crippen LogP contribution in [0, 0.1) is 0 Å². The van der Waals surface area contributed by atoms with Crippen LogP contribution in [0.25, 0.3) is 0 Å². The fourth-order valence-electron chi connectivity index (χ4n) is 3.38. The summed E-state index contributed by atoms with van der Waals surface area (Å²) in [5.74, 6) is 1.75. The van der Waals surface area contributed by atoms with Gasteiger partial charge >= 0.3 is 0 Å². The molecule has 29 heavy (non-hydrogen) atoms. The number of nitrogens with zero attached hydrogens (tertiary/aromatic N) is 8. The molecule has 152 valence electrons. The number of anilines is 3. The predicted octanol–water partition coefficient (Wildman–Crippen LogP) is 0.228. The second-order valence-corrected chi connectivity index (χ2v) is 7.85. The van der Waals surface area contributed by atoms with Gasteiger partial charge in [0.25, 0.3) is 0 Å². The molecule has 0 aromatic carbocycles. The summed E-state index contributed by atoms with van der Waals surface area (Å²) in [6.45, 7) is 6.44. The molecule has 2 aliphatic rings. The Labute approximate surface area is 169 Å². The Bertz CT molecular complexity index is 1050. The van der Waals surface area contributed by atoms with E-state index in [1.807, 2.05) is 19.2 Å². The molecule has 0 aliphatic carbocycles. The lowest BCUT2D eigenvalue weighted by Gasteiger charge is -2.39. The van der Waals surface area contributed by atoms with Gasteiger partial charge in [0.15, 0.2) is 22.9 Å². The zero-order valence-electron chi connectivity index (χ0n) is 17.1. The Hall–Kier alpha value is -3.27. The average Bonchev–Trinajstić information content (AvgIpc) is 3.07. The number of pyridine rings is 1. The third-order valence-corrected chi connectivity index (χ3v) is 5.17.